The number of hydrogen-bond donors (Lipinski definition) is 0. The maximum atomic E-state index is 12.7. The number of aryl methyl sites for hydroxylation is 1. The molecule has 2 aromatic heterocycles. The first-order valence-electron chi connectivity index (χ1n) is 8.36. The molecule has 126 valence electrons. The molecule has 3 heterocycles. The Morgan fingerprint density at radius 3 is 2.96 bits per heavy atom. The van der Waals surface area contributed by atoms with Crippen LogP contribution in [0.2, 0.25) is 0 Å². The smallest absolute Gasteiger partial charge is 0.255 e. The second kappa shape index (κ2) is 6.32. The Bertz CT molecular complexity index is 726. The second-order valence-corrected chi connectivity index (χ2v) is 6.68. The van der Waals surface area contributed by atoms with Gasteiger partial charge in [0.25, 0.3) is 5.91 Å². The van der Waals surface area contributed by atoms with E-state index in [-0.39, 0.29) is 11.8 Å². The fourth-order valence-electron chi connectivity index (χ4n) is 3.28. The Kier molecular flexibility index (Phi) is 4.02. The number of imidazole rings is 1. The van der Waals surface area contributed by atoms with Gasteiger partial charge in [0.1, 0.15) is 0 Å². The lowest BCUT2D eigenvalue weighted by atomic mass is 9.98. The fourth-order valence-corrected chi connectivity index (χ4v) is 3.28. The molecule has 0 spiro atoms. The van der Waals surface area contributed by atoms with Crippen LogP contribution in [-0.2, 0) is 18.3 Å². The predicted octanol–water partition coefficient (Wildman–Crippen LogP) is 1.38. The predicted molar refractivity (Wildman–Crippen MR) is 86.3 cm³/mol. The summed E-state index contributed by atoms with van der Waals surface area (Å²) in [7, 11) is 2.00. The lowest BCUT2D eigenvalue weighted by molar-refractivity contribution is 0.0618. The number of aromatic nitrogens is 4. The van der Waals surface area contributed by atoms with Crippen molar-refractivity contribution in [3.05, 3.63) is 41.7 Å². The number of carbonyl (C=O) groups excluding carboxylic acids is 1. The van der Waals surface area contributed by atoms with Crippen LogP contribution >= 0.6 is 0 Å². The van der Waals surface area contributed by atoms with Crippen molar-refractivity contribution in [2.24, 2.45) is 13.0 Å². The number of rotatable bonds is 5. The first-order valence-corrected chi connectivity index (χ1v) is 8.36. The molecule has 7 nitrogen and oxygen atoms in total. The van der Waals surface area contributed by atoms with E-state index >= 15 is 0 Å². The summed E-state index contributed by atoms with van der Waals surface area (Å²) < 4.78 is 7.96. The first-order chi connectivity index (χ1) is 11.7. The van der Waals surface area contributed by atoms with Crippen LogP contribution in [0.3, 0.4) is 0 Å². The molecule has 1 saturated carbocycles. The number of ether oxygens (including phenoxy) is 1. The van der Waals surface area contributed by atoms with E-state index < -0.39 is 0 Å². The average molecular weight is 327 g/mol. The van der Waals surface area contributed by atoms with Crippen molar-refractivity contribution in [3.63, 3.8) is 0 Å². The van der Waals surface area contributed by atoms with E-state index in [1.165, 1.54) is 24.7 Å². The van der Waals surface area contributed by atoms with Gasteiger partial charge >= 0.3 is 0 Å². The Balaban J connectivity index is 1.52. The molecule has 0 N–H and O–H groups in total. The number of carbonyl (C=O) groups is 1. The van der Waals surface area contributed by atoms with Gasteiger partial charge in [0.05, 0.1) is 43.1 Å². The molecule has 1 aliphatic heterocycles. The van der Waals surface area contributed by atoms with E-state index in [4.69, 9.17) is 4.74 Å². The summed E-state index contributed by atoms with van der Waals surface area (Å²) in [5, 5.41) is 7.54. The van der Waals surface area contributed by atoms with Gasteiger partial charge in [-0.2, -0.15) is 10.2 Å². The van der Waals surface area contributed by atoms with Crippen LogP contribution < -0.4 is 0 Å². The van der Waals surface area contributed by atoms with Crippen molar-refractivity contribution in [1.82, 2.24) is 24.6 Å². The van der Waals surface area contributed by atoms with E-state index in [9.17, 15) is 4.79 Å². The van der Waals surface area contributed by atoms with Gasteiger partial charge in [0, 0.05) is 31.8 Å². The van der Waals surface area contributed by atoms with Gasteiger partial charge in [-0.1, -0.05) is 0 Å². The van der Waals surface area contributed by atoms with Crippen LogP contribution in [0.25, 0.3) is 0 Å². The fraction of sp³-hybridized carbons (Fsp3) is 0.529. The highest BCUT2D eigenvalue weighted by molar-refractivity contribution is 5.93. The Morgan fingerprint density at radius 1 is 1.33 bits per heavy atom. The summed E-state index contributed by atoms with van der Waals surface area (Å²) in [5.41, 5.74) is 2.70. The van der Waals surface area contributed by atoms with Crippen LogP contribution in [0, 0.1) is 5.92 Å². The lowest BCUT2D eigenvalue weighted by Gasteiger charge is -2.32. The number of nitrogens with zero attached hydrogens (tertiary/aromatic N) is 5. The molecule has 2 aliphatic rings. The quantitative estimate of drug-likeness (QED) is 0.829. The Hall–Kier alpha value is -2.28. The topological polar surface area (TPSA) is 73.1 Å². The zero-order valence-corrected chi connectivity index (χ0v) is 13.8. The number of hydrogen-bond acceptors (Lipinski definition) is 5. The molecule has 0 bridgehead atoms. The minimum Gasteiger partial charge on any atom is -0.380 e. The highest BCUT2D eigenvalue weighted by Gasteiger charge is 2.32. The van der Waals surface area contributed by atoms with Gasteiger partial charge in [0.2, 0.25) is 0 Å². The molecule has 0 unspecified atom stereocenters. The summed E-state index contributed by atoms with van der Waals surface area (Å²) in [5.74, 6) is 0.854. The molecule has 2 aromatic rings. The molecule has 0 radical (unpaired) electrons. The third-order valence-electron chi connectivity index (χ3n) is 4.72. The van der Waals surface area contributed by atoms with Gasteiger partial charge in [-0.05, 0) is 24.8 Å². The molecule has 1 aliphatic carbocycles. The van der Waals surface area contributed by atoms with E-state index in [0.717, 1.165) is 18.2 Å². The molecule has 4 rings (SSSR count). The third-order valence-corrected chi connectivity index (χ3v) is 4.72. The normalized spacial score (nSPS) is 20.0. The molecule has 0 aromatic carbocycles. The number of fused-ring (bicyclic) bond motifs is 1. The van der Waals surface area contributed by atoms with Crippen molar-refractivity contribution < 1.29 is 9.53 Å². The van der Waals surface area contributed by atoms with Crippen molar-refractivity contribution >= 4 is 5.91 Å². The molecule has 0 saturated heterocycles. The first kappa shape index (κ1) is 15.3. The van der Waals surface area contributed by atoms with Crippen LogP contribution in [0.4, 0.5) is 0 Å². The SMILES string of the molecule is Cn1cnc2c1[C@@H](COCC1CC1)CN(C(=O)c1ccnnc1)C2. The maximum Gasteiger partial charge on any atom is 0.255 e. The zero-order chi connectivity index (χ0) is 16.5. The molecule has 1 fully saturated rings. The molecule has 1 amide bonds. The minimum absolute atomic E-state index is 0.0339. The highest BCUT2D eigenvalue weighted by atomic mass is 16.5. The summed E-state index contributed by atoms with van der Waals surface area (Å²) >= 11 is 0. The van der Waals surface area contributed by atoms with Crippen molar-refractivity contribution in [3.8, 4) is 0 Å². The van der Waals surface area contributed by atoms with Gasteiger partial charge in [-0.25, -0.2) is 4.98 Å². The Labute approximate surface area is 140 Å². The highest BCUT2D eigenvalue weighted by Crippen LogP contribution is 2.31. The summed E-state index contributed by atoms with van der Waals surface area (Å²) in [4.78, 5) is 19.0. The molecule has 7 heteroatoms. The van der Waals surface area contributed by atoms with E-state index in [1.54, 1.807) is 12.3 Å². The standard InChI is InChI=1S/C17H21N5O2/c1-21-11-18-15-8-22(17(23)13-4-5-19-20-6-13)7-14(16(15)21)10-24-9-12-2-3-12/h4-6,11-12,14H,2-3,7-10H2,1H3/t14-/m1/s1. The second-order valence-electron chi connectivity index (χ2n) is 6.68. The summed E-state index contributed by atoms with van der Waals surface area (Å²) in [6.07, 6.45) is 7.43. The molecule has 1 atom stereocenters. The molecular formula is C17H21N5O2. The van der Waals surface area contributed by atoms with Crippen LogP contribution in [0.1, 0.15) is 40.5 Å². The zero-order valence-electron chi connectivity index (χ0n) is 13.8. The summed E-state index contributed by atoms with van der Waals surface area (Å²) in [6, 6.07) is 1.70. The van der Waals surface area contributed by atoms with Gasteiger partial charge in [-0.15, -0.1) is 0 Å². The third kappa shape index (κ3) is 3.03. The van der Waals surface area contributed by atoms with E-state index in [2.05, 4.69) is 19.7 Å². The largest absolute Gasteiger partial charge is 0.380 e. The maximum absolute atomic E-state index is 12.7. The van der Waals surface area contributed by atoms with Gasteiger partial charge in [-0.3, -0.25) is 4.79 Å². The van der Waals surface area contributed by atoms with Crippen molar-refractivity contribution in [2.45, 2.75) is 25.3 Å². The molecular weight excluding hydrogens is 306 g/mol. The van der Waals surface area contributed by atoms with E-state index in [0.29, 0.717) is 25.3 Å². The van der Waals surface area contributed by atoms with Crippen LogP contribution in [-0.4, -0.2) is 50.3 Å². The van der Waals surface area contributed by atoms with Crippen LogP contribution in [0.15, 0.2) is 24.8 Å². The molecule has 24 heavy (non-hydrogen) atoms. The average Bonchev–Trinajstić information content (AvgIpc) is 3.36. The van der Waals surface area contributed by atoms with Gasteiger partial charge < -0.3 is 14.2 Å². The van der Waals surface area contributed by atoms with E-state index in [1.807, 2.05) is 18.3 Å². The van der Waals surface area contributed by atoms with Gasteiger partial charge in [0.15, 0.2) is 0 Å². The number of amides is 1. The monoisotopic (exact) mass is 327 g/mol. The summed E-state index contributed by atoms with van der Waals surface area (Å²) in [6.45, 7) is 2.61. The van der Waals surface area contributed by atoms with Crippen molar-refractivity contribution in [1.29, 1.82) is 0 Å². The Morgan fingerprint density at radius 2 is 2.21 bits per heavy atom. The van der Waals surface area contributed by atoms with Crippen LogP contribution in [0.5, 0.6) is 0 Å². The van der Waals surface area contributed by atoms with Crippen molar-refractivity contribution in [2.75, 3.05) is 19.8 Å². The lowest BCUT2D eigenvalue weighted by Crippen LogP contribution is -2.40. The minimum atomic E-state index is -0.0339.